The maximum atomic E-state index is 13.9. The summed E-state index contributed by atoms with van der Waals surface area (Å²) in [5.74, 6) is 1.95. The summed E-state index contributed by atoms with van der Waals surface area (Å²) >= 11 is 0. The lowest BCUT2D eigenvalue weighted by Gasteiger charge is -2.14. The molecule has 0 saturated carbocycles. The lowest BCUT2D eigenvalue weighted by molar-refractivity contribution is 0.0955. The van der Waals surface area contributed by atoms with E-state index in [0.717, 1.165) is 36.2 Å². The lowest BCUT2D eigenvalue weighted by Crippen LogP contribution is -2.29. The zero-order valence-electron chi connectivity index (χ0n) is 18.5. The average molecular weight is 455 g/mol. The molecular formula is C25H21N5O4. The summed E-state index contributed by atoms with van der Waals surface area (Å²) in [5.41, 5.74) is 3.75. The van der Waals surface area contributed by atoms with Crippen molar-refractivity contribution in [3.8, 4) is 17.2 Å². The van der Waals surface area contributed by atoms with Gasteiger partial charge >= 0.3 is 0 Å². The normalized spacial score (nSPS) is 17.4. The van der Waals surface area contributed by atoms with Crippen molar-refractivity contribution in [3.05, 3.63) is 58.6 Å². The van der Waals surface area contributed by atoms with Crippen molar-refractivity contribution in [1.29, 1.82) is 0 Å². The molecule has 0 N–H and O–H groups in total. The van der Waals surface area contributed by atoms with Gasteiger partial charge in [-0.3, -0.25) is 13.9 Å². The number of aromatic nitrogens is 5. The number of nitrogens with zero attached hydrogens (tertiary/aromatic N) is 5. The second kappa shape index (κ2) is 7.26. The highest BCUT2D eigenvalue weighted by Crippen LogP contribution is 2.36. The smallest absolute Gasteiger partial charge is 0.265 e. The average Bonchev–Trinajstić information content (AvgIpc) is 3.58. The van der Waals surface area contributed by atoms with Crippen LogP contribution >= 0.6 is 0 Å². The molecule has 170 valence electrons. The van der Waals surface area contributed by atoms with Gasteiger partial charge in [-0.15, -0.1) is 0 Å². The number of benzene rings is 2. The van der Waals surface area contributed by atoms with E-state index in [0.29, 0.717) is 46.1 Å². The first-order valence-electron chi connectivity index (χ1n) is 11.4. The van der Waals surface area contributed by atoms with Crippen LogP contribution in [-0.4, -0.2) is 43.6 Å². The van der Waals surface area contributed by atoms with E-state index < -0.39 is 0 Å². The summed E-state index contributed by atoms with van der Waals surface area (Å²) in [6, 6.07) is 13.3. The van der Waals surface area contributed by atoms with Crippen LogP contribution in [0.25, 0.3) is 38.9 Å². The standard InChI is InChI=1S/C25H21N5O4/c1-14-26-23-21(25(31)29(14)12-16-5-4-10-32-16)22-24(28-18-7-3-2-6-17(18)27-22)30(23)15-8-9-19-20(11-15)34-13-33-19/h2-3,6-9,11,16H,4-5,10,12-13H2,1H3/t16-/m0/s1. The Morgan fingerprint density at radius 1 is 1.00 bits per heavy atom. The zero-order chi connectivity index (χ0) is 22.8. The van der Waals surface area contributed by atoms with Gasteiger partial charge in [0, 0.05) is 12.7 Å². The molecule has 2 aliphatic heterocycles. The largest absolute Gasteiger partial charge is 0.454 e. The molecule has 34 heavy (non-hydrogen) atoms. The third kappa shape index (κ3) is 2.83. The van der Waals surface area contributed by atoms with Gasteiger partial charge in [-0.25, -0.2) is 15.0 Å². The molecule has 1 fully saturated rings. The fraction of sp³-hybridized carbons (Fsp3) is 0.280. The zero-order valence-corrected chi connectivity index (χ0v) is 18.5. The number of para-hydroxylation sites is 2. The number of hydrogen-bond acceptors (Lipinski definition) is 7. The maximum absolute atomic E-state index is 13.9. The highest BCUT2D eigenvalue weighted by atomic mass is 16.7. The molecule has 1 atom stereocenters. The van der Waals surface area contributed by atoms with Gasteiger partial charge in [0.1, 0.15) is 16.7 Å². The minimum absolute atomic E-state index is 0.0183. The number of fused-ring (bicyclic) bond motifs is 5. The van der Waals surface area contributed by atoms with Gasteiger partial charge in [-0.2, -0.15) is 0 Å². The Morgan fingerprint density at radius 3 is 2.65 bits per heavy atom. The van der Waals surface area contributed by atoms with Gasteiger partial charge in [0.2, 0.25) is 6.79 Å². The molecule has 0 unspecified atom stereocenters. The van der Waals surface area contributed by atoms with Crippen molar-refractivity contribution >= 4 is 33.2 Å². The second-order valence-corrected chi connectivity index (χ2v) is 8.67. The van der Waals surface area contributed by atoms with Crippen molar-refractivity contribution in [2.75, 3.05) is 13.4 Å². The third-order valence-electron chi connectivity index (χ3n) is 6.58. The minimum atomic E-state index is -0.132. The van der Waals surface area contributed by atoms with Crippen LogP contribution in [-0.2, 0) is 11.3 Å². The van der Waals surface area contributed by atoms with E-state index in [1.807, 2.05) is 54.0 Å². The number of aryl methyl sites for hydroxylation is 1. The predicted octanol–water partition coefficient (Wildman–Crippen LogP) is 3.50. The van der Waals surface area contributed by atoms with Crippen LogP contribution in [0.4, 0.5) is 0 Å². The number of ether oxygens (including phenoxy) is 3. The molecule has 5 heterocycles. The Balaban J connectivity index is 1.56. The molecule has 9 heteroatoms. The molecule has 1 saturated heterocycles. The first-order valence-corrected chi connectivity index (χ1v) is 11.4. The Hall–Kier alpha value is -3.98. The summed E-state index contributed by atoms with van der Waals surface area (Å²) in [7, 11) is 0. The van der Waals surface area contributed by atoms with Crippen LogP contribution in [0.1, 0.15) is 18.7 Å². The molecule has 0 bridgehead atoms. The van der Waals surface area contributed by atoms with Gasteiger partial charge < -0.3 is 14.2 Å². The molecule has 5 aromatic rings. The first-order chi connectivity index (χ1) is 16.7. The molecule has 0 radical (unpaired) electrons. The Kier molecular flexibility index (Phi) is 4.16. The number of hydrogen-bond donors (Lipinski definition) is 0. The van der Waals surface area contributed by atoms with Gasteiger partial charge in [0.05, 0.1) is 29.4 Å². The van der Waals surface area contributed by atoms with E-state index in [9.17, 15) is 4.79 Å². The molecule has 9 nitrogen and oxygen atoms in total. The second-order valence-electron chi connectivity index (χ2n) is 8.67. The predicted molar refractivity (Wildman–Crippen MR) is 126 cm³/mol. The van der Waals surface area contributed by atoms with E-state index in [4.69, 9.17) is 29.2 Å². The minimum Gasteiger partial charge on any atom is -0.454 e. The van der Waals surface area contributed by atoms with Crippen molar-refractivity contribution in [2.24, 2.45) is 0 Å². The van der Waals surface area contributed by atoms with E-state index in [1.165, 1.54) is 0 Å². The van der Waals surface area contributed by atoms with Gasteiger partial charge in [0.25, 0.3) is 5.56 Å². The molecule has 2 aliphatic rings. The molecule has 0 aliphatic carbocycles. The van der Waals surface area contributed by atoms with Crippen LogP contribution in [0.15, 0.2) is 47.3 Å². The van der Waals surface area contributed by atoms with Crippen molar-refractivity contribution in [2.45, 2.75) is 32.4 Å². The van der Waals surface area contributed by atoms with Crippen LogP contribution in [0.2, 0.25) is 0 Å². The van der Waals surface area contributed by atoms with Crippen molar-refractivity contribution in [3.63, 3.8) is 0 Å². The SMILES string of the molecule is Cc1nc2c(c(=O)n1C[C@@H]1CCCO1)c1nc3ccccc3nc1n2-c1ccc2c(c1)OCO2. The highest BCUT2D eigenvalue weighted by Gasteiger charge is 2.25. The highest BCUT2D eigenvalue weighted by molar-refractivity contribution is 6.05. The van der Waals surface area contributed by atoms with Crippen LogP contribution < -0.4 is 15.0 Å². The van der Waals surface area contributed by atoms with Crippen molar-refractivity contribution in [1.82, 2.24) is 24.1 Å². The van der Waals surface area contributed by atoms with E-state index in [-0.39, 0.29) is 18.5 Å². The summed E-state index contributed by atoms with van der Waals surface area (Å²) < 4.78 is 20.5. The van der Waals surface area contributed by atoms with Crippen LogP contribution in [0.5, 0.6) is 11.5 Å². The Labute approximate surface area is 193 Å². The Bertz CT molecular complexity index is 1670. The Morgan fingerprint density at radius 2 is 1.82 bits per heavy atom. The van der Waals surface area contributed by atoms with Gasteiger partial charge in [0.15, 0.2) is 22.8 Å². The molecule has 2 aromatic carbocycles. The fourth-order valence-corrected chi connectivity index (χ4v) is 4.91. The monoisotopic (exact) mass is 455 g/mol. The summed E-state index contributed by atoms with van der Waals surface area (Å²) in [6.07, 6.45) is 1.97. The van der Waals surface area contributed by atoms with Crippen LogP contribution in [0, 0.1) is 6.92 Å². The lowest BCUT2D eigenvalue weighted by atomic mass is 10.2. The summed E-state index contributed by atoms with van der Waals surface area (Å²) in [6.45, 7) is 3.25. The van der Waals surface area contributed by atoms with E-state index in [2.05, 4.69) is 0 Å². The maximum Gasteiger partial charge on any atom is 0.265 e. The first kappa shape index (κ1) is 19.5. The molecule has 0 amide bonds. The topological polar surface area (TPSA) is 93.3 Å². The molecular weight excluding hydrogens is 434 g/mol. The molecule has 3 aromatic heterocycles. The van der Waals surface area contributed by atoms with Gasteiger partial charge in [-0.05, 0) is 44.0 Å². The van der Waals surface area contributed by atoms with E-state index in [1.54, 1.807) is 4.57 Å². The molecule has 0 spiro atoms. The van der Waals surface area contributed by atoms with Crippen LogP contribution in [0.3, 0.4) is 0 Å². The van der Waals surface area contributed by atoms with E-state index >= 15 is 0 Å². The fourth-order valence-electron chi connectivity index (χ4n) is 4.91. The van der Waals surface area contributed by atoms with Gasteiger partial charge in [-0.1, -0.05) is 12.1 Å². The quantitative estimate of drug-likeness (QED) is 0.411. The summed E-state index contributed by atoms with van der Waals surface area (Å²) in [5, 5.41) is 0.453. The summed E-state index contributed by atoms with van der Waals surface area (Å²) in [4.78, 5) is 28.5. The number of rotatable bonds is 3. The molecule has 7 rings (SSSR count). The third-order valence-corrected chi connectivity index (χ3v) is 6.58. The van der Waals surface area contributed by atoms with Crippen molar-refractivity contribution < 1.29 is 14.2 Å².